The number of benzene rings is 3. The van der Waals surface area contributed by atoms with Crippen LogP contribution in [0.1, 0.15) is 51.3 Å². The number of carbonyl (C=O) groups excluding carboxylic acids is 2. The fraction of sp³-hybridized carbons (Fsp3) is 0.382. The molecule has 2 unspecified atom stereocenters. The maximum atomic E-state index is 11.9. The maximum Gasteiger partial charge on any atom is 0.408 e. The third-order valence-electron chi connectivity index (χ3n) is 6.18. The predicted octanol–water partition coefficient (Wildman–Crippen LogP) is 4.74. The second-order valence-corrected chi connectivity index (χ2v) is 11.2. The second-order valence-electron chi connectivity index (χ2n) is 11.2. The first-order valence-corrected chi connectivity index (χ1v) is 14.6. The van der Waals surface area contributed by atoms with Crippen molar-refractivity contribution in [2.45, 2.75) is 84.3 Å². The lowest BCUT2D eigenvalue weighted by Gasteiger charge is -2.25. The van der Waals surface area contributed by atoms with Gasteiger partial charge in [-0.15, -0.1) is 0 Å². The van der Waals surface area contributed by atoms with Crippen LogP contribution in [-0.4, -0.2) is 53.0 Å². The average molecular weight is 624 g/mol. The van der Waals surface area contributed by atoms with Crippen LogP contribution in [-0.2, 0) is 48.5 Å². The summed E-state index contributed by atoms with van der Waals surface area (Å²) in [7, 11) is 0. The Morgan fingerprint density at radius 3 is 1.58 bits per heavy atom. The number of carboxylic acids is 1. The summed E-state index contributed by atoms with van der Waals surface area (Å²) in [5.74, 6) is -1.58. The van der Waals surface area contributed by atoms with Gasteiger partial charge in [0.05, 0.1) is 32.0 Å². The van der Waals surface area contributed by atoms with Crippen LogP contribution in [0.25, 0.3) is 0 Å². The molecule has 0 fully saturated rings. The van der Waals surface area contributed by atoms with Crippen LogP contribution in [0.5, 0.6) is 0 Å². The van der Waals surface area contributed by atoms with Gasteiger partial charge in [-0.25, -0.2) is 15.1 Å². The number of hydroxylamine groups is 1. The van der Waals surface area contributed by atoms with Crippen molar-refractivity contribution in [2.75, 3.05) is 0 Å². The first-order chi connectivity index (χ1) is 21.4. The van der Waals surface area contributed by atoms with Gasteiger partial charge >= 0.3 is 12.1 Å². The lowest BCUT2D eigenvalue weighted by molar-refractivity contribution is -0.144. The molecule has 3 aromatic rings. The molecule has 0 spiro atoms. The monoisotopic (exact) mass is 623 g/mol. The number of carbonyl (C=O) groups is 3. The summed E-state index contributed by atoms with van der Waals surface area (Å²) < 4.78 is 16.2. The molecule has 0 radical (unpaired) electrons. The van der Waals surface area contributed by atoms with E-state index in [1.54, 1.807) is 34.6 Å². The minimum atomic E-state index is -1.18. The number of alkyl carbamates (subject to hydrolysis) is 1. The summed E-state index contributed by atoms with van der Waals surface area (Å²) in [5.41, 5.74) is 10.5. The molecule has 11 heteroatoms. The standard InChI is InChI=1S/C18H22N2O3.C16H23NO5/c1-14(22-12-15-8-4-2-5-9-15)17(19)18(21)20-23-13-16-10-6-3-7-11-16;1-11(21-10-12-8-6-5-7-9-12)13(14(18)19)17-15(20)22-16(2,3)4/h2-11,14,17H,12-13,19H2,1H3,(H,20,21);5-9,11,13H,10H2,1-4H3,(H,17,20)(H,18,19)/t14-,17?;11-,13?/m11/s1. The van der Waals surface area contributed by atoms with Crippen molar-refractivity contribution in [3.05, 3.63) is 108 Å². The molecule has 0 aliphatic rings. The Hall–Kier alpha value is -4.29. The number of nitrogens with two attached hydrogens (primary N) is 1. The van der Waals surface area contributed by atoms with Crippen molar-refractivity contribution in [1.82, 2.24) is 10.8 Å². The first-order valence-electron chi connectivity index (χ1n) is 14.6. The number of rotatable bonds is 14. The van der Waals surface area contributed by atoms with Gasteiger partial charge in [0.1, 0.15) is 11.6 Å². The molecular formula is C34H45N3O8. The summed E-state index contributed by atoms with van der Waals surface area (Å²) in [4.78, 5) is 40.1. The fourth-order valence-corrected chi connectivity index (χ4v) is 3.66. The number of nitrogens with one attached hydrogen (secondary N) is 2. The van der Waals surface area contributed by atoms with E-state index in [-0.39, 0.29) is 6.61 Å². The quantitative estimate of drug-likeness (QED) is 0.186. The molecule has 0 saturated heterocycles. The zero-order valence-corrected chi connectivity index (χ0v) is 26.5. The number of hydrogen-bond acceptors (Lipinski definition) is 8. The third kappa shape index (κ3) is 15.3. The van der Waals surface area contributed by atoms with Crippen molar-refractivity contribution in [1.29, 1.82) is 0 Å². The van der Waals surface area contributed by atoms with E-state index in [4.69, 9.17) is 24.8 Å². The lowest BCUT2D eigenvalue weighted by Crippen LogP contribution is -2.50. The molecule has 45 heavy (non-hydrogen) atoms. The highest BCUT2D eigenvalue weighted by molar-refractivity contribution is 5.81. The molecule has 3 aromatic carbocycles. The van der Waals surface area contributed by atoms with Crippen molar-refractivity contribution < 1.29 is 38.5 Å². The van der Waals surface area contributed by atoms with Crippen LogP contribution in [0.4, 0.5) is 4.79 Å². The third-order valence-corrected chi connectivity index (χ3v) is 6.18. The minimum Gasteiger partial charge on any atom is -0.480 e. The zero-order chi connectivity index (χ0) is 33.2. The highest BCUT2D eigenvalue weighted by Gasteiger charge is 2.29. The lowest BCUT2D eigenvalue weighted by atomic mass is 10.1. The van der Waals surface area contributed by atoms with E-state index in [1.165, 1.54) is 0 Å². The SMILES string of the molecule is C[C@@H](OCc1ccccc1)C(N)C(=O)NOCc1ccccc1.C[C@@H](OCc1ccccc1)C(NC(=O)OC(C)(C)C)C(=O)O. The molecule has 244 valence electrons. The van der Waals surface area contributed by atoms with Crippen LogP contribution in [0.2, 0.25) is 0 Å². The molecule has 11 nitrogen and oxygen atoms in total. The van der Waals surface area contributed by atoms with Crippen LogP contribution in [0.3, 0.4) is 0 Å². The van der Waals surface area contributed by atoms with Gasteiger partial charge in [0.25, 0.3) is 5.91 Å². The Bertz CT molecular complexity index is 1290. The molecule has 0 heterocycles. The van der Waals surface area contributed by atoms with Crippen molar-refractivity contribution in [2.24, 2.45) is 5.73 Å². The van der Waals surface area contributed by atoms with Crippen LogP contribution >= 0.6 is 0 Å². The maximum absolute atomic E-state index is 11.9. The Kier molecular flexibility index (Phi) is 15.7. The molecule has 0 saturated carbocycles. The topological polar surface area (TPSA) is 158 Å². The fourth-order valence-electron chi connectivity index (χ4n) is 3.66. The van der Waals surface area contributed by atoms with E-state index in [0.717, 1.165) is 16.7 Å². The summed E-state index contributed by atoms with van der Waals surface area (Å²) in [6.07, 6.45) is -1.91. The van der Waals surface area contributed by atoms with Gasteiger partial charge in [-0.2, -0.15) is 0 Å². The van der Waals surface area contributed by atoms with Crippen molar-refractivity contribution in [3.8, 4) is 0 Å². The van der Waals surface area contributed by atoms with Crippen molar-refractivity contribution >= 4 is 18.0 Å². The van der Waals surface area contributed by atoms with Crippen molar-refractivity contribution in [3.63, 3.8) is 0 Å². The van der Waals surface area contributed by atoms with Gasteiger partial charge in [0.15, 0.2) is 6.04 Å². The number of ether oxygens (including phenoxy) is 3. The van der Waals surface area contributed by atoms with Crippen LogP contribution < -0.4 is 16.5 Å². The predicted molar refractivity (Wildman–Crippen MR) is 170 cm³/mol. The summed E-state index contributed by atoms with van der Waals surface area (Å²) >= 11 is 0. The number of amides is 2. The first kappa shape index (κ1) is 36.9. The highest BCUT2D eigenvalue weighted by Crippen LogP contribution is 2.10. The molecule has 3 rings (SSSR count). The number of carboxylic acid groups (broad SMARTS) is 1. The summed E-state index contributed by atoms with van der Waals surface area (Å²) in [6, 6.07) is 26.7. The zero-order valence-electron chi connectivity index (χ0n) is 26.5. The molecule has 2 amide bonds. The molecule has 0 bridgehead atoms. The molecule has 0 aliphatic heterocycles. The van der Waals surface area contributed by atoms with E-state index in [9.17, 15) is 19.5 Å². The van der Waals surface area contributed by atoms with Crippen LogP contribution in [0.15, 0.2) is 91.0 Å². The van der Waals surface area contributed by atoms with E-state index < -0.39 is 47.9 Å². The Morgan fingerprint density at radius 1 is 0.733 bits per heavy atom. The van der Waals surface area contributed by atoms with Gasteiger partial charge in [-0.05, 0) is 51.3 Å². The molecule has 4 atom stereocenters. The Labute approximate surface area is 265 Å². The second kappa shape index (κ2) is 19.2. The smallest absolute Gasteiger partial charge is 0.408 e. The van der Waals surface area contributed by atoms with E-state index in [1.807, 2.05) is 91.0 Å². The molecule has 0 aliphatic carbocycles. The minimum absolute atomic E-state index is 0.266. The summed E-state index contributed by atoms with van der Waals surface area (Å²) in [5, 5.41) is 11.6. The van der Waals surface area contributed by atoms with Gasteiger partial charge < -0.3 is 30.4 Å². The largest absolute Gasteiger partial charge is 0.480 e. The Morgan fingerprint density at radius 2 is 1.16 bits per heavy atom. The molecule has 5 N–H and O–H groups in total. The van der Waals surface area contributed by atoms with Gasteiger partial charge in [0, 0.05) is 0 Å². The normalized spacial score (nSPS) is 13.6. The number of aliphatic carboxylic acids is 1. The van der Waals surface area contributed by atoms with Crippen LogP contribution in [0, 0.1) is 0 Å². The van der Waals surface area contributed by atoms with E-state index >= 15 is 0 Å². The van der Waals surface area contributed by atoms with Gasteiger partial charge in [-0.3, -0.25) is 9.63 Å². The van der Waals surface area contributed by atoms with Gasteiger partial charge in [0.2, 0.25) is 0 Å². The average Bonchev–Trinajstić information content (AvgIpc) is 3.01. The van der Waals surface area contributed by atoms with Gasteiger partial charge in [-0.1, -0.05) is 91.0 Å². The molecular weight excluding hydrogens is 578 g/mol. The Balaban J connectivity index is 0.000000314. The van der Waals surface area contributed by atoms with E-state index in [2.05, 4.69) is 10.8 Å². The highest BCUT2D eigenvalue weighted by atomic mass is 16.7. The summed E-state index contributed by atoms with van der Waals surface area (Å²) in [6.45, 7) is 9.45. The number of hydrogen-bond donors (Lipinski definition) is 4. The van der Waals surface area contributed by atoms with E-state index in [0.29, 0.717) is 13.2 Å². The molecule has 0 aromatic heterocycles.